The average Bonchev–Trinajstić information content (AvgIpc) is 3.13. The number of hydrogen-bond donors (Lipinski definition) is 3. The SMILES string of the molecule is Cc1ccc(NC(=O)Nc2ccc3sc(NC(=O)C4CCCCC4)nc3c2)cc1F. The van der Waals surface area contributed by atoms with Crippen LogP contribution in [-0.2, 0) is 4.79 Å². The number of aromatic nitrogens is 1. The monoisotopic (exact) mass is 426 g/mol. The van der Waals surface area contributed by atoms with Gasteiger partial charge in [-0.05, 0) is 55.7 Å². The highest BCUT2D eigenvalue weighted by molar-refractivity contribution is 7.22. The summed E-state index contributed by atoms with van der Waals surface area (Å²) in [5, 5.41) is 8.84. The summed E-state index contributed by atoms with van der Waals surface area (Å²) in [7, 11) is 0. The molecule has 8 heteroatoms. The first kappa shape index (κ1) is 20.3. The van der Waals surface area contributed by atoms with Crippen LogP contribution in [0.3, 0.4) is 0 Å². The number of carbonyl (C=O) groups is 2. The van der Waals surface area contributed by atoms with Gasteiger partial charge in [0.2, 0.25) is 5.91 Å². The third-order valence-electron chi connectivity index (χ3n) is 5.28. The molecule has 1 aromatic heterocycles. The van der Waals surface area contributed by atoms with Crippen LogP contribution in [0.15, 0.2) is 36.4 Å². The second-order valence-corrected chi connectivity index (χ2v) is 8.60. The van der Waals surface area contributed by atoms with Crippen molar-refractivity contribution in [1.82, 2.24) is 4.98 Å². The van der Waals surface area contributed by atoms with E-state index in [0.29, 0.717) is 27.6 Å². The lowest BCUT2D eigenvalue weighted by Crippen LogP contribution is -2.24. The second-order valence-electron chi connectivity index (χ2n) is 7.57. The van der Waals surface area contributed by atoms with E-state index < -0.39 is 6.03 Å². The minimum atomic E-state index is -0.473. The molecule has 0 aliphatic heterocycles. The van der Waals surface area contributed by atoms with E-state index in [4.69, 9.17) is 0 Å². The zero-order chi connectivity index (χ0) is 21.1. The van der Waals surface area contributed by atoms with Gasteiger partial charge in [-0.3, -0.25) is 4.79 Å². The largest absolute Gasteiger partial charge is 0.323 e. The van der Waals surface area contributed by atoms with Crippen molar-refractivity contribution in [2.24, 2.45) is 5.92 Å². The number of halogens is 1. The number of aryl methyl sites for hydroxylation is 1. The number of nitrogens with one attached hydrogen (secondary N) is 3. The highest BCUT2D eigenvalue weighted by atomic mass is 32.1. The Morgan fingerprint density at radius 2 is 1.70 bits per heavy atom. The molecule has 1 aliphatic carbocycles. The number of nitrogens with zero attached hydrogens (tertiary/aromatic N) is 1. The number of rotatable bonds is 4. The lowest BCUT2D eigenvalue weighted by molar-refractivity contribution is -0.120. The van der Waals surface area contributed by atoms with Gasteiger partial charge in [-0.1, -0.05) is 36.7 Å². The number of urea groups is 1. The molecule has 3 amide bonds. The maximum atomic E-state index is 13.6. The van der Waals surface area contributed by atoms with E-state index in [1.54, 1.807) is 31.2 Å². The molecule has 30 heavy (non-hydrogen) atoms. The number of amides is 3. The van der Waals surface area contributed by atoms with Gasteiger partial charge in [-0.15, -0.1) is 0 Å². The average molecular weight is 427 g/mol. The zero-order valence-corrected chi connectivity index (χ0v) is 17.4. The smallest absolute Gasteiger partial charge is 0.308 e. The van der Waals surface area contributed by atoms with Gasteiger partial charge >= 0.3 is 6.03 Å². The molecule has 4 rings (SSSR count). The Hall–Kier alpha value is -3.00. The van der Waals surface area contributed by atoms with Crippen LogP contribution in [0, 0.1) is 18.7 Å². The molecule has 3 N–H and O–H groups in total. The fourth-order valence-corrected chi connectivity index (χ4v) is 4.44. The van der Waals surface area contributed by atoms with Crippen molar-refractivity contribution in [2.75, 3.05) is 16.0 Å². The van der Waals surface area contributed by atoms with Crippen molar-refractivity contribution in [3.8, 4) is 0 Å². The molecular formula is C22H23FN4O2S. The molecule has 0 saturated heterocycles. The fraction of sp³-hybridized carbons (Fsp3) is 0.318. The predicted molar refractivity (Wildman–Crippen MR) is 119 cm³/mol. The van der Waals surface area contributed by atoms with Crippen molar-refractivity contribution in [3.05, 3.63) is 47.8 Å². The first-order valence-corrected chi connectivity index (χ1v) is 10.9. The number of carbonyl (C=O) groups excluding carboxylic acids is 2. The van der Waals surface area contributed by atoms with Crippen LogP contribution in [0.4, 0.5) is 25.7 Å². The molecule has 2 aromatic carbocycles. The summed E-state index contributed by atoms with van der Waals surface area (Å²) in [6.45, 7) is 1.66. The van der Waals surface area contributed by atoms with Gasteiger partial charge in [0.05, 0.1) is 10.2 Å². The Balaban J connectivity index is 1.41. The van der Waals surface area contributed by atoms with Gasteiger partial charge in [0.1, 0.15) is 5.82 Å². The van der Waals surface area contributed by atoms with Crippen molar-refractivity contribution < 1.29 is 14.0 Å². The van der Waals surface area contributed by atoms with Crippen LogP contribution in [0.25, 0.3) is 10.2 Å². The van der Waals surface area contributed by atoms with Crippen LogP contribution >= 0.6 is 11.3 Å². The minimum absolute atomic E-state index is 0.0387. The van der Waals surface area contributed by atoms with Gasteiger partial charge in [0, 0.05) is 17.3 Å². The number of hydrogen-bond acceptors (Lipinski definition) is 4. The van der Waals surface area contributed by atoms with Gasteiger partial charge in [-0.25, -0.2) is 14.2 Å². The molecule has 1 saturated carbocycles. The standard InChI is InChI=1S/C22H23FN4O2S/c1-13-7-8-15(11-17(13)23)24-21(29)25-16-9-10-19-18(12-16)26-22(30-19)27-20(28)14-5-3-2-4-6-14/h7-12,14H,2-6H2,1H3,(H2,24,25,29)(H,26,27,28). The fourth-order valence-electron chi connectivity index (χ4n) is 3.59. The lowest BCUT2D eigenvalue weighted by Gasteiger charge is -2.19. The number of thiazole rings is 1. The van der Waals surface area contributed by atoms with E-state index in [9.17, 15) is 14.0 Å². The molecule has 0 unspecified atom stereocenters. The van der Waals surface area contributed by atoms with Gasteiger partial charge in [0.25, 0.3) is 0 Å². The van der Waals surface area contributed by atoms with Gasteiger partial charge in [-0.2, -0.15) is 0 Å². The summed E-state index contributed by atoms with van der Waals surface area (Å²) >= 11 is 1.41. The minimum Gasteiger partial charge on any atom is -0.308 e. The lowest BCUT2D eigenvalue weighted by atomic mass is 9.89. The highest BCUT2D eigenvalue weighted by Gasteiger charge is 2.22. The van der Waals surface area contributed by atoms with Gasteiger partial charge in [0.15, 0.2) is 5.13 Å². The second kappa shape index (κ2) is 8.79. The summed E-state index contributed by atoms with van der Waals surface area (Å²) in [6.07, 6.45) is 5.28. The third-order valence-corrected chi connectivity index (χ3v) is 6.23. The molecule has 0 radical (unpaired) electrons. The zero-order valence-electron chi connectivity index (χ0n) is 16.6. The van der Waals surface area contributed by atoms with Crippen LogP contribution in [0.2, 0.25) is 0 Å². The molecule has 3 aromatic rings. The van der Waals surface area contributed by atoms with E-state index in [0.717, 1.165) is 30.4 Å². The summed E-state index contributed by atoms with van der Waals surface area (Å²) < 4.78 is 14.6. The number of fused-ring (bicyclic) bond motifs is 1. The number of benzene rings is 2. The predicted octanol–water partition coefficient (Wildman–Crippen LogP) is 5.91. The quantitative estimate of drug-likeness (QED) is 0.485. The Morgan fingerprint density at radius 3 is 2.43 bits per heavy atom. The van der Waals surface area contributed by atoms with Crippen LogP contribution in [0.1, 0.15) is 37.7 Å². The molecule has 6 nitrogen and oxygen atoms in total. The molecule has 1 heterocycles. The molecule has 1 fully saturated rings. The molecule has 0 atom stereocenters. The first-order chi connectivity index (χ1) is 14.5. The molecule has 0 spiro atoms. The first-order valence-electron chi connectivity index (χ1n) is 10.0. The normalized spacial score (nSPS) is 14.5. The van der Waals surface area contributed by atoms with Crippen molar-refractivity contribution in [3.63, 3.8) is 0 Å². The van der Waals surface area contributed by atoms with E-state index in [1.165, 1.54) is 23.8 Å². The summed E-state index contributed by atoms with van der Waals surface area (Å²) in [5.74, 6) is -0.269. The van der Waals surface area contributed by atoms with E-state index in [-0.39, 0.29) is 17.6 Å². The maximum absolute atomic E-state index is 13.6. The van der Waals surface area contributed by atoms with Crippen molar-refractivity contribution >= 4 is 50.0 Å². The van der Waals surface area contributed by atoms with Gasteiger partial charge < -0.3 is 16.0 Å². The molecular weight excluding hydrogens is 403 g/mol. The summed E-state index contributed by atoms with van der Waals surface area (Å²) in [5.41, 5.74) is 2.14. The molecule has 0 bridgehead atoms. The molecule has 156 valence electrons. The molecule has 1 aliphatic rings. The van der Waals surface area contributed by atoms with Crippen molar-refractivity contribution in [2.45, 2.75) is 39.0 Å². The topological polar surface area (TPSA) is 83.1 Å². The summed E-state index contributed by atoms with van der Waals surface area (Å²) in [6, 6.07) is 9.42. The van der Waals surface area contributed by atoms with Crippen molar-refractivity contribution in [1.29, 1.82) is 0 Å². The maximum Gasteiger partial charge on any atom is 0.323 e. The van der Waals surface area contributed by atoms with E-state index >= 15 is 0 Å². The Kier molecular flexibility index (Phi) is 5.94. The highest BCUT2D eigenvalue weighted by Crippen LogP contribution is 2.30. The van der Waals surface area contributed by atoms with E-state index in [2.05, 4.69) is 20.9 Å². The summed E-state index contributed by atoms with van der Waals surface area (Å²) in [4.78, 5) is 29.1. The Morgan fingerprint density at radius 1 is 1.00 bits per heavy atom. The third kappa shape index (κ3) is 4.76. The van der Waals surface area contributed by atoms with Crippen LogP contribution in [0.5, 0.6) is 0 Å². The number of anilines is 3. The Labute approximate surface area is 177 Å². The Bertz CT molecular complexity index is 1090. The van der Waals surface area contributed by atoms with Crippen LogP contribution < -0.4 is 16.0 Å². The van der Waals surface area contributed by atoms with Crippen LogP contribution in [-0.4, -0.2) is 16.9 Å². The van der Waals surface area contributed by atoms with E-state index in [1.807, 2.05) is 6.07 Å².